The fourth-order valence-corrected chi connectivity index (χ4v) is 2.98. The summed E-state index contributed by atoms with van der Waals surface area (Å²) in [4.78, 5) is 2.22. The molecule has 2 N–H and O–H groups in total. The molecular formula is C17H21NO4S. The number of aliphatic hydroxyl groups excluding tert-OH is 1. The van der Waals surface area contributed by atoms with Crippen molar-refractivity contribution in [3.63, 3.8) is 0 Å². The summed E-state index contributed by atoms with van der Waals surface area (Å²) in [7, 11) is -4.00. The number of rotatable bonds is 3. The molecule has 1 aliphatic rings. The van der Waals surface area contributed by atoms with E-state index in [2.05, 4.69) is 29.2 Å². The summed E-state index contributed by atoms with van der Waals surface area (Å²) in [6.07, 6.45) is 1.12. The highest BCUT2D eigenvalue weighted by Crippen LogP contribution is 2.17. The van der Waals surface area contributed by atoms with Gasteiger partial charge in [0, 0.05) is 19.6 Å². The van der Waals surface area contributed by atoms with Crippen molar-refractivity contribution >= 4 is 10.1 Å². The zero-order valence-corrected chi connectivity index (χ0v) is 13.6. The Labute approximate surface area is 136 Å². The van der Waals surface area contributed by atoms with Gasteiger partial charge in [-0.05, 0) is 29.7 Å². The predicted octanol–water partition coefficient (Wildman–Crippen LogP) is 1.97. The van der Waals surface area contributed by atoms with Gasteiger partial charge < -0.3 is 5.11 Å². The van der Waals surface area contributed by atoms with E-state index < -0.39 is 10.1 Å². The van der Waals surface area contributed by atoms with E-state index in [4.69, 9.17) is 9.66 Å². The Kier molecular flexibility index (Phi) is 6.29. The molecule has 3 rings (SSSR count). The molecule has 0 aromatic heterocycles. The third-order valence-corrected chi connectivity index (χ3v) is 4.53. The zero-order valence-electron chi connectivity index (χ0n) is 12.8. The maximum absolute atomic E-state index is 10.4. The molecule has 0 saturated carbocycles. The van der Waals surface area contributed by atoms with E-state index in [-0.39, 0.29) is 11.5 Å². The predicted molar refractivity (Wildman–Crippen MR) is 88.8 cm³/mol. The van der Waals surface area contributed by atoms with Crippen LogP contribution in [0.1, 0.15) is 11.1 Å². The number of fused-ring (bicyclic) bond motifs is 1. The van der Waals surface area contributed by atoms with Crippen LogP contribution in [0.15, 0.2) is 59.5 Å². The maximum atomic E-state index is 10.4. The van der Waals surface area contributed by atoms with E-state index in [0.29, 0.717) is 0 Å². The maximum Gasteiger partial charge on any atom is 0.294 e. The topological polar surface area (TPSA) is 77.8 Å². The van der Waals surface area contributed by atoms with Crippen LogP contribution in [0.2, 0.25) is 0 Å². The second-order valence-corrected chi connectivity index (χ2v) is 6.73. The number of benzene rings is 2. The molecule has 124 valence electrons. The van der Waals surface area contributed by atoms with Gasteiger partial charge >= 0.3 is 0 Å². The molecule has 0 amide bonds. The Morgan fingerprint density at radius 2 is 1.57 bits per heavy atom. The number of β-amino-alcohol motifs (C(OH)–C–C–N with tert-alkyl or cyclic N) is 1. The summed E-state index contributed by atoms with van der Waals surface area (Å²) >= 11 is 0. The highest BCUT2D eigenvalue weighted by atomic mass is 32.2. The van der Waals surface area contributed by atoms with Crippen molar-refractivity contribution in [2.45, 2.75) is 17.9 Å². The molecule has 0 unspecified atom stereocenters. The third-order valence-electron chi connectivity index (χ3n) is 3.67. The fourth-order valence-electron chi connectivity index (χ4n) is 2.48. The number of aliphatic hydroxyl groups is 1. The Balaban J connectivity index is 0.000000174. The third kappa shape index (κ3) is 5.44. The summed E-state index contributed by atoms with van der Waals surface area (Å²) in [6, 6.07) is 16.0. The summed E-state index contributed by atoms with van der Waals surface area (Å²) in [5.41, 5.74) is 2.89. The van der Waals surface area contributed by atoms with Crippen LogP contribution in [0.5, 0.6) is 0 Å². The first-order chi connectivity index (χ1) is 11.0. The lowest BCUT2D eigenvalue weighted by atomic mass is 10.0. The van der Waals surface area contributed by atoms with E-state index in [1.807, 2.05) is 0 Å². The van der Waals surface area contributed by atoms with Gasteiger partial charge in [-0.1, -0.05) is 42.5 Å². The first-order valence-corrected chi connectivity index (χ1v) is 8.87. The van der Waals surface area contributed by atoms with Gasteiger partial charge in [-0.25, -0.2) is 0 Å². The molecule has 1 heterocycles. The molecule has 0 saturated heterocycles. The van der Waals surface area contributed by atoms with Crippen LogP contribution in [0.3, 0.4) is 0 Å². The highest BCUT2D eigenvalue weighted by Gasteiger charge is 2.14. The van der Waals surface area contributed by atoms with Gasteiger partial charge in [-0.3, -0.25) is 9.45 Å². The molecule has 0 atom stereocenters. The molecule has 0 aliphatic carbocycles. The van der Waals surface area contributed by atoms with Crippen LogP contribution in [0.4, 0.5) is 0 Å². The molecule has 5 nitrogen and oxygen atoms in total. The van der Waals surface area contributed by atoms with Gasteiger partial charge in [0.15, 0.2) is 0 Å². The summed E-state index contributed by atoms with van der Waals surface area (Å²) in [5, 5.41) is 8.82. The number of hydrogen-bond acceptors (Lipinski definition) is 4. The number of hydrogen-bond donors (Lipinski definition) is 2. The molecule has 1 aliphatic heterocycles. The molecule has 0 bridgehead atoms. The lowest BCUT2D eigenvalue weighted by Gasteiger charge is -2.27. The van der Waals surface area contributed by atoms with Crippen molar-refractivity contribution in [2.75, 3.05) is 19.7 Å². The second kappa shape index (κ2) is 8.21. The van der Waals surface area contributed by atoms with Crippen molar-refractivity contribution in [1.29, 1.82) is 0 Å². The minimum atomic E-state index is -4.00. The van der Waals surface area contributed by atoms with Gasteiger partial charge in [0.05, 0.1) is 11.5 Å². The molecular weight excluding hydrogens is 314 g/mol. The fraction of sp³-hybridized carbons (Fsp3) is 0.294. The highest BCUT2D eigenvalue weighted by molar-refractivity contribution is 7.85. The van der Waals surface area contributed by atoms with E-state index in [1.165, 1.54) is 23.3 Å². The smallest absolute Gasteiger partial charge is 0.294 e. The molecule has 0 fully saturated rings. The first kappa shape index (κ1) is 17.6. The normalized spacial score (nSPS) is 14.5. The first-order valence-electron chi connectivity index (χ1n) is 7.43. The molecule has 2 aromatic rings. The Bertz CT molecular complexity index is 716. The Morgan fingerprint density at radius 1 is 0.957 bits per heavy atom. The SMILES string of the molecule is O=S(=O)(O)c1ccccc1.OCCN1CCc2ccccc2C1. The monoisotopic (exact) mass is 335 g/mol. The van der Waals surface area contributed by atoms with Gasteiger partial charge in [0.1, 0.15) is 0 Å². The largest absolute Gasteiger partial charge is 0.395 e. The minimum absolute atomic E-state index is 0.0741. The number of nitrogens with zero attached hydrogens (tertiary/aromatic N) is 1. The molecule has 6 heteroatoms. The van der Waals surface area contributed by atoms with Crippen LogP contribution < -0.4 is 0 Å². The van der Waals surface area contributed by atoms with Crippen molar-refractivity contribution in [3.8, 4) is 0 Å². The van der Waals surface area contributed by atoms with E-state index in [1.54, 1.807) is 18.2 Å². The van der Waals surface area contributed by atoms with Crippen LogP contribution in [0.25, 0.3) is 0 Å². The standard InChI is InChI=1S/C11H15NO.C6H6O3S/c13-8-7-12-6-5-10-3-1-2-4-11(10)9-12;7-10(8,9)6-4-2-1-3-5-6/h1-4,13H,5-9H2;1-5H,(H,7,8,9). The quantitative estimate of drug-likeness (QED) is 0.839. The van der Waals surface area contributed by atoms with Gasteiger partial charge in [0.2, 0.25) is 0 Å². The van der Waals surface area contributed by atoms with Gasteiger partial charge in [0.25, 0.3) is 10.1 Å². The molecule has 0 radical (unpaired) electrons. The van der Waals surface area contributed by atoms with Gasteiger partial charge in [-0.15, -0.1) is 0 Å². The van der Waals surface area contributed by atoms with E-state index >= 15 is 0 Å². The summed E-state index contributed by atoms with van der Waals surface area (Å²) < 4.78 is 29.2. The van der Waals surface area contributed by atoms with Crippen LogP contribution in [-0.2, 0) is 23.1 Å². The Hall–Kier alpha value is -1.73. The Morgan fingerprint density at radius 3 is 2.13 bits per heavy atom. The van der Waals surface area contributed by atoms with Crippen molar-refractivity contribution in [3.05, 3.63) is 65.7 Å². The lowest BCUT2D eigenvalue weighted by Crippen LogP contribution is -2.32. The molecule has 23 heavy (non-hydrogen) atoms. The minimum Gasteiger partial charge on any atom is -0.395 e. The zero-order chi connectivity index (χ0) is 16.7. The van der Waals surface area contributed by atoms with Crippen LogP contribution in [0, 0.1) is 0 Å². The average Bonchev–Trinajstić information content (AvgIpc) is 2.56. The molecule has 0 spiro atoms. The molecule has 2 aromatic carbocycles. The van der Waals surface area contributed by atoms with Crippen LogP contribution >= 0.6 is 0 Å². The lowest BCUT2D eigenvalue weighted by molar-refractivity contribution is 0.184. The van der Waals surface area contributed by atoms with Crippen LogP contribution in [-0.4, -0.2) is 42.7 Å². The van der Waals surface area contributed by atoms with Crippen molar-refractivity contribution < 1.29 is 18.1 Å². The second-order valence-electron chi connectivity index (χ2n) is 5.31. The van der Waals surface area contributed by atoms with Crippen molar-refractivity contribution in [1.82, 2.24) is 4.90 Å². The van der Waals surface area contributed by atoms with Gasteiger partial charge in [-0.2, -0.15) is 8.42 Å². The van der Waals surface area contributed by atoms with E-state index in [9.17, 15) is 8.42 Å². The summed E-state index contributed by atoms with van der Waals surface area (Å²) in [5.74, 6) is 0. The van der Waals surface area contributed by atoms with Crippen molar-refractivity contribution in [2.24, 2.45) is 0 Å². The average molecular weight is 335 g/mol. The summed E-state index contributed by atoms with van der Waals surface area (Å²) in [6.45, 7) is 3.14. The van der Waals surface area contributed by atoms with E-state index in [0.717, 1.165) is 26.1 Å².